The summed E-state index contributed by atoms with van der Waals surface area (Å²) in [5.74, 6) is 1.25. The fraction of sp³-hybridized carbons (Fsp3) is 0.562. The quantitative estimate of drug-likeness (QED) is 0.837. The van der Waals surface area contributed by atoms with Crippen LogP contribution in [0.2, 0.25) is 0 Å². The molecule has 0 heterocycles. The number of hydrogen-bond donors (Lipinski definition) is 2. The fourth-order valence-electron chi connectivity index (χ4n) is 3.02. The van der Waals surface area contributed by atoms with Crippen LogP contribution in [0.15, 0.2) is 24.3 Å². The summed E-state index contributed by atoms with van der Waals surface area (Å²) in [5.41, 5.74) is 7.03. The van der Waals surface area contributed by atoms with Gasteiger partial charge in [-0.3, -0.25) is 4.79 Å². The van der Waals surface area contributed by atoms with E-state index in [0.717, 1.165) is 6.42 Å². The van der Waals surface area contributed by atoms with Gasteiger partial charge in [0.05, 0.1) is 0 Å². The van der Waals surface area contributed by atoms with Gasteiger partial charge in [0.2, 0.25) is 0 Å². The summed E-state index contributed by atoms with van der Waals surface area (Å²) in [6, 6.07) is 7.44. The highest BCUT2D eigenvalue weighted by atomic mass is 35.5. The fourth-order valence-corrected chi connectivity index (χ4v) is 3.02. The zero-order chi connectivity index (χ0) is 13.8. The van der Waals surface area contributed by atoms with Crippen molar-refractivity contribution in [3.05, 3.63) is 29.8 Å². The van der Waals surface area contributed by atoms with Gasteiger partial charge in [-0.05, 0) is 48.9 Å². The van der Waals surface area contributed by atoms with E-state index in [4.69, 9.17) is 5.73 Å². The summed E-state index contributed by atoms with van der Waals surface area (Å²) >= 11 is 0. The van der Waals surface area contributed by atoms with Crippen molar-refractivity contribution in [2.75, 3.05) is 5.73 Å². The van der Waals surface area contributed by atoms with Gasteiger partial charge in [0.15, 0.2) is 0 Å². The third kappa shape index (κ3) is 4.14. The Morgan fingerprint density at radius 1 is 1.20 bits per heavy atom. The number of amides is 1. The topological polar surface area (TPSA) is 55.1 Å². The summed E-state index contributed by atoms with van der Waals surface area (Å²) in [5, 5.41) is 3.21. The molecule has 1 aromatic carbocycles. The molecule has 3 N–H and O–H groups in total. The van der Waals surface area contributed by atoms with Gasteiger partial charge in [0, 0.05) is 17.3 Å². The molecule has 0 spiro atoms. The van der Waals surface area contributed by atoms with Crippen LogP contribution in [0, 0.1) is 11.8 Å². The molecule has 2 unspecified atom stereocenters. The van der Waals surface area contributed by atoms with Crippen molar-refractivity contribution in [2.45, 2.75) is 45.6 Å². The zero-order valence-corrected chi connectivity index (χ0v) is 13.1. The molecule has 20 heavy (non-hydrogen) atoms. The smallest absolute Gasteiger partial charge is 0.251 e. The van der Waals surface area contributed by atoms with Gasteiger partial charge in [0.25, 0.3) is 5.91 Å². The van der Waals surface area contributed by atoms with Gasteiger partial charge >= 0.3 is 0 Å². The van der Waals surface area contributed by atoms with E-state index in [0.29, 0.717) is 29.1 Å². The second-order valence-corrected chi connectivity index (χ2v) is 5.89. The molecule has 1 amide bonds. The first-order valence-corrected chi connectivity index (χ1v) is 7.24. The van der Waals surface area contributed by atoms with E-state index in [1.165, 1.54) is 19.3 Å². The maximum atomic E-state index is 12.2. The monoisotopic (exact) mass is 296 g/mol. The molecule has 1 saturated carbocycles. The second kappa shape index (κ2) is 7.53. The van der Waals surface area contributed by atoms with Gasteiger partial charge in [-0.2, -0.15) is 0 Å². The lowest BCUT2D eigenvalue weighted by atomic mass is 9.78. The molecular weight excluding hydrogens is 272 g/mol. The summed E-state index contributed by atoms with van der Waals surface area (Å²) < 4.78 is 0. The molecule has 0 radical (unpaired) electrons. The number of carbonyl (C=O) groups excluding carboxylic acids is 1. The van der Waals surface area contributed by atoms with Crippen LogP contribution in [0.25, 0.3) is 0 Å². The number of hydrogen-bond acceptors (Lipinski definition) is 2. The third-order valence-corrected chi connectivity index (χ3v) is 4.17. The molecular formula is C16H25ClN2O. The molecule has 1 aliphatic rings. The van der Waals surface area contributed by atoms with Gasteiger partial charge < -0.3 is 11.1 Å². The summed E-state index contributed by atoms with van der Waals surface area (Å²) in [7, 11) is 0. The molecule has 3 nitrogen and oxygen atoms in total. The molecule has 0 aromatic heterocycles. The van der Waals surface area contributed by atoms with E-state index in [9.17, 15) is 4.79 Å². The lowest BCUT2D eigenvalue weighted by molar-refractivity contribution is 0.0889. The van der Waals surface area contributed by atoms with Crippen LogP contribution in [0.4, 0.5) is 5.69 Å². The molecule has 0 bridgehead atoms. The summed E-state index contributed by atoms with van der Waals surface area (Å²) in [6.45, 7) is 4.50. The van der Waals surface area contributed by atoms with Gasteiger partial charge in [-0.15, -0.1) is 12.4 Å². The van der Waals surface area contributed by atoms with Crippen molar-refractivity contribution in [3.8, 4) is 0 Å². The average Bonchev–Trinajstić information content (AvgIpc) is 2.39. The highest BCUT2D eigenvalue weighted by molar-refractivity contribution is 5.94. The average molecular weight is 297 g/mol. The largest absolute Gasteiger partial charge is 0.399 e. The zero-order valence-electron chi connectivity index (χ0n) is 12.3. The number of benzene rings is 1. The molecule has 1 aromatic rings. The Kier molecular flexibility index (Phi) is 6.34. The van der Waals surface area contributed by atoms with Crippen LogP contribution >= 0.6 is 12.4 Å². The Balaban J connectivity index is 0.00000200. The third-order valence-electron chi connectivity index (χ3n) is 4.17. The normalized spacial score (nSPS) is 22.1. The minimum absolute atomic E-state index is 0. The number of nitrogens with one attached hydrogen (secondary N) is 1. The first-order valence-electron chi connectivity index (χ1n) is 7.24. The molecule has 1 aliphatic carbocycles. The summed E-state index contributed by atoms with van der Waals surface area (Å²) in [6.07, 6.45) is 4.83. The lowest BCUT2D eigenvalue weighted by Gasteiger charge is -2.34. The van der Waals surface area contributed by atoms with Crippen molar-refractivity contribution >= 4 is 24.0 Å². The van der Waals surface area contributed by atoms with E-state index in [1.807, 2.05) is 0 Å². The minimum atomic E-state index is 0. The Morgan fingerprint density at radius 2 is 1.80 bits per heavy atom. The van der Waals surface area contributed by atoms with Crippen LogP contribution in [-0.4, -0.2) is 11.9 Å². The first kappa shape index (κ1) is 16.8. The highest BCUT2D eigenvalue weighted by Crippen LogP contribution is 2.30. The maximum absolute atomic E-state index is 12.2. The van der Waals surface area contributed by atoms with Crippen LogP contribution in [0.1, 0.15) is 49.9 Å². The van der Waals surface area contributed by atoms with Crippen molar-refractivity contribution < 1.29 is 4.79 Å². The number of nitrogen functional groups attached to an aromatic ring is 1. The van der Waals surface area contributed by atoms with Crippen molar-refractivity contribution in [2.24, 2.45) is 11.8 Å². The van der Waals surface area contributed by atoms with E-state index in [2.05, 4.69) is 19.2 Å². The van der Waals surface area contributed by atoms with E-state index in [1.54, 1.807) is 24.3 Å². The minimum Gasteiger partial charge on any atom is -0.399 e. The SMILES string of the molecule is CC(C)C1CCCCC1NC(=O)c1ccc(N)cc1.Cl. The first-order chi connectivity index (χ1) is 9.08. The second-order valence-electron chi connectivity index (χ2n) is 5.89. The summed E-state index contributed by atoms with van der Waals surface area (Å²) in [4.78, 5) is 12.2. The molecule has 112 valence electrons. The predicted octanol–water partition coefficient (Wildman–Crippen LogP) is 3.64. The maximum Gasteiger partial charge on any atom is 0.251 e. The van der Waals surface area contributed by atoms with Gasteiger partial charge in [-0.25, -0.2) is 0 Å². The van der Waals surface area contributed by atoms with Crippen LogP contribution in [0.3, 0.4) is 0 Å². The number of anilines is 1. The van der Waals surface area contributed by atoms with E-state index < -0.39 is 0 Å². The van der Waals surface area contributed by atoms with Gasteiger partial charge in [-0.1, -0.05) is 26.7 Å². The Hall–Kier alpha value is -1.22. The number of carbonyl (C=O) groups is 1. The molecule has 0 saturated heterocycles. The molecule has 4 heteroatoms. The molecule has 0 aliphatic heterocycles. The predicted molar refractivity (Wildman–Crippen MR) is 86.2 cm³/mol. The van der Waals surface area contributed by atoms with Crippen LogP contribution < -0.4 is 11.1 Å². The van der Waals surface area contributed by atoms with Crippen LogP contribution in [-0.2, 0) is 0 Å². The molecule has 2 atom stereocenters. The van der Waals surface area contributed by atoms with E-state index >= 15 is 0 Å². The Labute approximate surface area is 127 Å². The van der Waals surface area contributed by atoms with E-state index in [-0.39, 0.29) is 18.3 Å². The van der Waals surface area contributed by atoms with Gasteiger partial charge in [0.1, 0.15) is 0 Å². The standard InChI is InChI=1S/C16H24N2O.ClH/c1-11(2)14-5-3-4-6-15(14)18-16(19)12-7-9-13(17)10-8-12;/h7-11,14-15H,3-6,17H2,1-2H3,(H,18,19);1H. The van der Waals surface area contributed by atoms with Crippen molar-refractivity contribution in [1.82, 2.24) is 5.32 Å². The Bertz CT molecular complexity index is 431. The number of nitrogens with two attached hydrogens (primary N) is 1. The van der Waals surface area contributed by atoms with Crippen molar-refractivity contribution in [1.29, 1.82) is 0 Å². The Morgan fingerprint density at radius 3 is 2.40 bits per heavy atom. The molecule has 1 fully saturated rings. The van der Waals surface area contributed by atoms with Crippen molar-refractivity contribution in [3.63, 3.8) is 0 Å². The van der Waals surface area contributed by atoms with Crippen LogP contribution in [0.5, 0.6) is 0 Å². The number of rotatable bonds is 3. The highest BCUT2D eigenvalue weighted by Gasteiger charge is 2.28. The lowest BCUT2D eigenvalue weighted by Crippen LogP contribution is -2.43. The molecule has 2 rings (SSSR count). The number of halogens is 1.